The van der Waals surface area contributed by atoms with Crippen LogP contribution in [0.2, 0.25) is 0 Å². The first-order chi connectivity index (χ1) is 9.53. The highest BCUT2D eigenvalue weighted by atomic mass is 32.2. The average molecular weight is 298 g/mol. The van der Waals surface area contributed by atoms with Gasteiger partial charge in [-0.25, -0.2) is 24.0 Å². The van der Waals surface area contributed by atoms with Gasteiger partial charge in [0.25, 0.3) is 0 Å². The van der Waals surface area contributed by atoms with Crippen LogP contribution in [-0.2, 0) is 16.4 Å². The van der Waals surface area contributed by atoms with Crippen molar-refractivity contribution >= 4 is 15.8 Å². The summed E-state index contributed by atoms with van der Waals surface area (Å²) in [6.07, 6.45) is 1.76. The van der Waals surface area contributed by atoms with Crippen molar-refractivity contribution in [2.45, 2.75) is 18.2 Å². The topological polar surface area (TPSA) is 136 Å². The van der Waals surface area contributed by atoms with Crippen molar-refractivity contribution in [1.82, 2.24) is 19.8 Å². The second-order valence-electron chi connectivity index (χ2n) is 3.87. The van der Waals surface area contributed by atoms with Crippen molar-refractivity contribution in [2.24, 2.45) is 5.84 Å². The number of rotatable bonds is 6. The molecular weight excluding hydrogens is 284 g/mol. The van der Waals surface area contributed by atoms with Gasteiger partial charge in [0.15, 0.2) is 11.6 Å². The van der Waals surface area contributed by atoms with E-state index in [1.807, 2.05) is 0 Å². The molecule has 0 spiro atoms. The largest absolute Gasteiger partial charge is 0.340 e. The molecular formula is C10H14N6O3S. The number of aryl methyl sites for hydroxylation is 1. The lowest BCUT2D eigenvalue weighted by molar-refractivity contribution is 0.387. The predicted molar refractivity (Wildman–Crippen MR) is 70.0 cm³/mol. The second-order valence-corrected chi connectivity index (χ2v) is 5.61. The van der Waals surface area contributed by atoms with E-state index in [1.165, 1.54) is 18.3 Å². The van der Waals surface area contributed by atoms with Crippen LogP contribution in [0.4, 0.5) is 5.82 Å². The molecule has 10 heteroatoms. The first-order valence-electron chi connectivity index (χ1n) is 5.73. The predicted octanol–water partition coefficient (Wildman–Crippen LogP) is -0.420. The van der Waals surface area contributed by atoms with Gasteiger partial charge in [0.05, 0.1) is 0 Å². The van der Waals surface area contributed by atoms with E-state index >= 15 is 0 Å². The lowest BCUT2D eigenvalue weighted by Gasteiger charge is -2.09. The molecule has 2 aromatic rings. The van der Waals surface area contributed by atoms with Crippen molar-refractivity contribution < 1.29 is 12.9 Å². The molecule has 20 heavy (non-hydrogen) atoms. The fourth-order valence-corrected chi connectivity index (χ4v) is 2.68. The first-order valence-corrected chi connectivity index (χ1v) is 7.22. The third kappa shape index (κ3) is 3.29. The van der Waals surface area contributed by atoms with Crippen LogP contribution in [0.5, 0.6) is 0 Å². The smallest absolute Gasteiger partial charge is 0.244 e. The summed E-state index contributed by atoms with van der Waals surface area (Å²) in [5.74, 6) is 6.19. The molecule has 0 fully saturated rings. The molecule has 0 aromatic carbocycles. The Labute approximate surface area is 115 Å². The Morgan fingerprint density at radius 2 is 2.25 bits per heavy atom. The van der Waals surface area contributed by atoms with Crippen molar-refractivity contribution in [3.63, 3.8) is 0 Å². The molecule has 0 unspecified atom stereocenters. The Morgan fingerprint density at radius 3 is 2.90 bits per heavy atom. The normalized spacial score (nSPS) is 11.5. The Kier molecular flexibility index (Phi) is 4.27. The van der Waals surface area contributed by atoms with Crippen molar-refractivity contribution in [2.75, 3.05) is 12.0 Å². The minimum Gasteiger partial charge on any atom is -0.340 e. The summed E-state index contributed by atoms with van der Waals surface area (Å²) in [4.78, 5) is 7.80. The number of aromatic nitrogens is 3. The summed E-state index contributed by atoms with van der Waals surface area (Å²) >= 11 is 0. The Hall–Kier alpha value is -2.04. The van der Waals surface area contributed by atoms with E-state index < -0.39 is 10.0 Å². The standard InChI is InChI=1S/C10H14N6O3S/c1-7-14-9(16-19-7)4-6-13-20(17,18)8-3-2-5-12-10(8)15-11/h2-3,5,13H,4,6,11H2,1H3,(H,12,15). The molecule has 0 saturated carbocycles. The van der Waals surface area contributed by atoms with E-state index in [9.17, 15) is 8.42 Å². The summed E-state index contributed by atoms with van der Waals surface area (Å²) < 4.78 is 31.4. The van der Waals surface area contributed by atoms with Crippen LogP contribution in [0.15, 0.2) is 27.7 Å². The monoisotopic (exact) mass is 298 g/mol. The summed E-state index contributed by atoms with van der Waals surface area (Å²) in [7, 11) is -3.71. The third-order valence-electron chi connectivity index (χ3n) is 2.41. The molecule has 9 nitrogen and oxygen atoms in total. The molecule has 0 amide bonds. The van der Waals surface area contributed by atoms with Gasteiger partial charge in [-0.15, -0.1) is 0 Å². The van der Waals surface area contributed by atoms with Crippen molar-refractivity contribution in [3.8, 4) is 0 Å². The molecule has 4 N–H and O–H groups in total. The quantitative estimate of drug-likeness (QED) is 0.483. The number of nitrogens with two attached hydrogens (primary N) is 1. The molecule has 0 aliphatic carbocycles. The maximum absolute atomic E-state index is 12.1. The molecule has 0 aliphatic rings. The molecule has 0 bridgehead atoms. The van der Waals surface area contributed by atoms with Gasteiger partial charge in [-0.3, -0.25) is 0 Å². The molecule has 0 aliphatic heterocycles. The zero-order valence-corrected chi connectivity index (χ0v) is 11.5. The summed E-state index contributed by atoms with van der Waals surface area (Å²) in [6.45, 7) is 1.80. The summed E-state index contributed by atoms with van der Waals surface area (Å²) in [5, 5.41) is 3.68. The Bertz CT molecular complexity index is 684. The molecule has 0 radical (unpaired) electrons. The first kappa shape index (κ1) is 14.4. The third-order valence-corrected chi connectivity index (χ3v) is 3.90. The van der Waals surface area contributed by atoms with Gasteiger partial charge in [-0.05, 0) is 12.1 Å². The number of pyridine rings is 1. The highest BCUT2D eigenvalue weighted by molar-refractivity contribution is 7.89. The van der Waals surface area contributed by atoms with Gasteiger partial charge in [-0.1, -0.05) is 5.16 Å². The number of anilines is 1. The average Bonchev–Trinajstić information content (AvgIpc) is 2.84. The van der Waals surface area contributed by atoms with Crippen LogP contribution in [-0.4, -0.2) is 30.1 Å². The number of nitrogens with zero attached hydrogens (tertiary/aromatic N) is 3. The van der Waals surface area contributed by atoms with Crippen LogP contribution >= 0.6 is 0 Å². The number of hydrazine groups is 1. The van der Waals surface area contributed by atoms with Crippen LogP contribution in [0.3, 0.4) is 0 Å². The molecule has 108 valence electrons. The fourth-order valence-electron chi connectivity index (χ4n) is 1.53. The zero-order valence-electron chi connectivity index (χ0n) is 10.7. The van der Waals surface area contributed by atoms with E-state index in [-0.39, 0.29) is 17.3 Å². The lowest BCUT2D eigenvalue weighted by Crippen LogP contribution is -2.28. The van der Waals surface area contributed by atoms with Crippen molar-refractivity contribution in [1.29, 1.82) is 0 Å². The van der Waals surface area contributed by atoms with Crippen LogP contribution in [0.1, 0.15) is 11.7 Å². The number of nitrogen functional groups attached to an aromatic ring is 1. The minimum absolute atomic E-state index is 0.0215. The molecule has 2 heterocycles. The number of hydrogen-bond donors (Lipinski definition) is 3. The van der Waals surface area contributed by atoms with Gasteiger partial charge >= 0.3 is 0 Å². The second kappa shape index (κ2) is 5.94. The number of nitrogens with one attached hydrogen (secondary N) is 2. The van der Waals surface area contributed by atoms with Gasteiger partial charge in [-0.2, -0.15) is 4.98 Å². The van der Waals surface area contributed by atoms with Gasteiger partial charge < -0.3 is 9.95 Å². The van der Waals surface area contributed by atoms with Gasteiger partial charge in [0.1, 0.15) is 4.90 Å². The SMILES string of the molecule is Cc1nc(CCNS(=O)(=O)c2cccnc2NN)no1. The van der Waals surface area contributed by atoms with E-state index in [0.29, 0.717) is 18.1 Å². The minimum atomic E-state index is -3.71. The maximum Gasteiger partial charge on any atom is 0.244 e. The van der Waals surface area contributed by atoms with Crippen LogP contribution < -0.4 is 16.0 Å². The lowest BCUT2D eigenvalue weighted by atomic mass is 10.4. The highest BCUT2D eigenvalue weighted by Gasteiger charge is 2.18. The van der Waals surface area contributed by atoms with Crippen LogP contribution in [0, 0.1) is 6.92 Å². The van der Waals surface area contributed by atoms with E-state index in [2.05, 4.69) is 25.3 Å². The fraction of sp³-hybridized carbons (Fsp3) is 0.300. The number of sulfonamides is 1. The molecule has 2 rings (SSSR count). The van der Waals surface area contributed by atoms with E-state index in [0.717, 1.165) is 0 Å². The summed E-state index contributed by atoms with van der Waals surface area (Å²) in [5.41, 5.74) is 2.24. The van der Waals surface area contributed by atoms with E-state index in [1.54, 1.807) is 6.92 Å². The highest BCUT2D eigenvalue weighted by Crippen LogP contribution is 2.16. The zero-order chi connectivity index (χ0) is 14.6. The molecule has 2 aromatic heterocycles. The summed E-state index contributed by atoms with van der Waals surface area (Å²) in [6, 6.07) is 2.92. The van der Waals surface area contributed by atoms with Crippen molar-refractivity contribution in [3.05, 3.63) is 30.0 Å². The van der Waals surface area contributed by atoms with E-state index in [4.69, 9.17) is 10.4 Å². The van der Waals surface area contributed by atoms with Gasteiger partial charge in [0, 0.05) is 26.1 Å². The molecule has 0 atom stereocenters. The molecule has 0 saturated heterocycles. The Balaban J connectivity index is 2.04. The van der Waals surface area contributed by atoms with Gasteiger partial charge in [0.2, 0.25) is 15.9 Å². The van der Waals surface area contributed by atoms with Crippen LogP contribution in [0.25, 0.3) is 0 Å². The number of hydrogen-bond acceptors (Lipinski definition) is 8. The maximum atomic E-state index is 12.1. The Morgan fingerprint density at radius 1 is 1.45 bits per heavy atom.